The number of carboxylic acids is 1. The number of nitrogens with one attached hydrogen (secondary N) is 1. The lowest BCUT2D eigenvalue weighted by molar-refractivity contribution is -0.146. The van der Waals surface area contributed by atoms with Crippen LogP contribution in [0.5, 0.6) is 0 Å². The third kappa shape index (κ3) is 3.93. The van der Waals surface area contributed by atoms with Gasteiger partial charge in [0.25, 0.3) is 0 Å². The number of nitrogens with zero attached hydrogens (tertiary/aromatic N) is 1. The lowest BCUT2D eigenvalue weighted by Crippen LogP contribution is -2.60. The van der Waals surface area contributed by atoms with E-state index in [2.05, 4.69) is 31.0 Å². The molecule has 19 heavy (non-hydrogen) atoms. The highest BCUT2D eigenvalue weighted by atomic mass is 16.4. The van der Waals surface area contributed by atoms with E-state index >= 15 is 0 Å². The van der Waals surface area contributed by atoms with Crippen molar-refractivity contribution in [2.45, 2.75) is 52.0 Å². The van der Waals surface area contributed by atoms with Crippen LogP contribution in [-0.4, -0.2) is 48.2 Å². The molecule has 0 spiro atoms. The molecule has 4 heteroatoms. The molecule has 0 aromatic rings. The van der Waals surface area contributed by atoms with Gasteiger partial charge in [0, 0.05) is 13.1 Å². The maximum atomic E-state index is 11.7. The van der Waals surface area contributed by atoms with Crippen molar-refractivity contribution in [3.05, 3.63) is 0 Å². The van der Waals surface area contributed by atoms with Crippen molar-refractivity contribution >= 4 is 5.97 Å². The van der Waals surface area contributed by atoms with Gasteiger partial charge < -0.3 is 15.3 Å². The molecule has 1 aliphatic carbocycles. The van der Waals surface area contributed by atoms with Gasteiger partial charge in [-0.25, -0.2) is 0 Å². The van der Waals surface area contributed by atoms with Gasteiger partial charge in [0.05, 0.1) is 0 Å². The minimum absolute atomic E-state index is 0.297. The minimum atomic E-state index is -0.748. The molecule has 0 bridgehead atoms. The maximum absolute atomic E-state index is 11.7. The second-order valence-electron chi connectivity index (χ2n) is 5.81. The monoisotopic (exact) mass is 270 g/mol. The summed E-state index contributed by atoms with van der Waals surface area (Å²) in [5.41, 5.74) is -0.748. The number of carbonyl (C=O) groups is 1. The van der Waals surface area contributed by atoms with Gasteiger partial charge in [-0.05, 0) is 38.3 Å². The summed E-state index contributed by atoms with van der Waals surface area (Å²) in [6.45, 7) is 9.09. The van der Waals surface area contributed by atoms with E-state index in [1.54, 1.807) is 7.05 Å². The summed E-state index contributed by atoms with van der Waals surface area (Å²) in [7, 11) is 1.79. The zero-order chi connectivity index (χ0) is 14.5. The van der Waals surface area contributed by atoms with E-state index in [-0.39, 0.29) is 0 Å². The normalized spacial score (nSPS) is 18.8. The van der Waals surface area contributed by atoms with E-state index in [1.165, 1.54) is 0 Å². The first-order chi connectivity index (χ1) is 9.03. The van der Waals surface area contributed by atoms with Crippen molar-refractivity contribution in [2.24, 2.45) is 11.8 Å². The molecule has 0 heterocycles. The van der Waals surface area contributed by atoms with Crippen LogP contribution >= 0.6 is 0 Å². The third-order valence-corrected chi connectivity index (χ3v) is 4.69. The lowest BCUT2D eigenvalue weighted by atomic mass is 9.91. The molecule has 1 unspecified atom stereocenters. The van der Waals surface area contributed by atoms with E-state index in [0.29, 0.717) is 18.4 Å². The molecule has 112 valence electrons. The molecule has 0 amide bonds. The highest BCUT2D eigenvalue weighted by molar-refractivity contribution is 5.80. The van der Waals surface area contributed by atoms with Crippen molar-refractivity contribution in [1.82, 2.24) is 10.2 Å². The summed E-state index contributed by atoms with van der Waals surface area (Å²) in [5.74, 6) is 0.272. The Balaban J connectivity index is 2.72. The number of rotatable bonds is 10. The predicted molar refractivity (Wildman–Crippen MR) is 78.3 cm³/mol. The van der Waals surface area contributed by atoms with E-state index < -0.39 is 11.5 Å². The molecule has 0 aromatic heterocycles. The molecule has 2 N–H and O–H groups in total. The average molecular weight is 270 g/mol. The fraction of sp³-hybridized carbons (Fsp3) is 0.933. The Kier molecular flexibility index (Phi) is 6.27. The molecule has 1 aliphatic rings. The summed E-state index contributed by atoms with van der Waals surface area (Å²) in [4.78, 5) is 14.0. The molecule has 0 saturated heterocycles. The van der Waals surface area contributed by atoms with Crippen molar-refractivity contribution in [3.63, 3.8) is 0 Å². The lowest BCUT2D eigenvalue weighted by Gasteiger charge is -2.36. The minimum Gasteiger partial charge on any atom is -0.480 e. The predicted octanol–water partition coefficient (Wildman–Crippen LogP) is 2.20. The van der Waals surface area contributed by atoms with Gasteiger partial charge in [0.2, 0.25) is 0 Å². The topological polar surface area (TPSA) is 52.6 Å². The number of hydrogen-bond donors (Lipinski definition) is 2. The Morgan fingerprint density at radius 2 is 1.95 bits per heavy atom. The van der Waals surface area contributed by atoms with Crippen LogP contribution in [0.15, 0.2) is 0 Å². The van der Waals surface area contributed by atoms with Crippen LogP contribution in [0.4, 0.5) is 0 Å². The zero-order valence-corrected chi connectivity index (χ0v) is 12.9. The fourth-order valence-corrected chi connectivity index (χ4v) is 2.91. The van der Waals surface area contributed by atoms with Crippen LogP contribution in [0.25, 0.3) is 0 Å². The molecule has 0 aromatic carbocycles. The fourth-order valence-electron chi connectivity index (χ4n) is 2.91. The van der Waals surface area contributed by atoms with E-state index in [4.69, 9.17) is 0 Å². The Morgan fingerprint density at radius 1 is 1.37 bits per heavy atom. The largest absolute Gasteiger partial charge is 0.480 e. The summed E-state index contributed by atoms with van der Waals surface area (Å²) < 4.78 is 0. The number of aliphatic carboxylic acids is 1. The molecule has 1 saturated carbocycles. The number of likely N-dealkylation sites (N-methyl/N-ethyl adjacent to an activating group) is 2. The van der Waals surface area contributed by atoms with Crippen LogP contribution in [0.2, 0.25) is 0 Å². The van der Waals surface area contributed by atoms with Crippen LogP contribution in [0.3, 0.4) is 0 Å². The number of hydrogen-bond acceptors (Lipinski definition) is 3. The molecule has 1 rings (SSSR count). The highest BCUT2D eigenvalue weighted by Crippen LogP contribution is 2.40. The summed E-state index contributed by atoms with van der Waals surface area (Å²) >= 11 is 0. The zero-order valence-electron chi connectivity index (χ0n) is 12.9. The van der Waals surface area contributed by atoms with Crippen molar-refractivity contribution in [2.75, 3.05) is 26.7 Å². The quantitative estimate of drug-likeness (QED) is 0.639. The first kappa shape index (κ1) is 16.4. The van der Waals surface area contributed by atoms with Crippen LogP contribution < -0.4 is 5.32 Å². The molecule has 0 radical (unpaired) electrons. The first-order valence-electron chi connectivity index (χ1n) is 7.68. The Morgan fingerprint density at radius 3 is 2.26 bits per heavy atom. The Hall–Kier alpha value is -0.610. The van der Waals surface area contributed by atoms with Crippen LogP contribution in [0, 0.1) is 11.8 Å². The van der Waals surface area contributed by atoms with E-state index in [1.807, 2.05) is 0 Å². The van der Waals surface area contributed by atoms with E-state index in [0.717, 1.165) is 38.8 Å². The van der Waals surface area contributed by atoms with Gasteiger partial charge in [0.1, 0.15) is 5.54 Å². The summed E-state index contributed by atoms with van der Waals surface area (Å²) in [6.07, 6.45) is 4.40. The van der Waals surface area contributed by atoms with Gasteiger partial charge in [0.15, 0.2) is 0 Å². The summed E-state index contributed by atoms with van der Waals surface area (Å²) in [5, 5.41) is 12.7. The van der Waals surface area contributed by atoms with Gasteiger partial charge in [-0.3, -0.25) is 4.79 Å². The number of carboxylic acid groups (broad SMARTS) is 1. The van der Waals surface area contributed by atoms with Crippen LogP contribution in [0.1, 0.15) is 46.5 Å². The maximum Gasteiger partial charge on any atom is 0.325 e. The SMILES string of the molecule is CCC(CC)CN(CC)CC(NC)(C(=O)O)C1CC1. The first-order valence-corrected chi connectivity index (χ1v) is 7.68. The highest BCUT2D eigenvalue weighted by Gasteiger charge is 2.50. The van der Waals surface area contributed by atoms with Crippen LogP contribution in [-0.2, 0) is 4.79 Å². The second-order valence-corrected chi connectivity index (χ2v) is 5.81. The average Bonchev–Trinajstić information content (AvgIpc) is 3.24. The Bertz CT molecular complexity index is 288. The van der Waals surface area contributed by atoms with Gasteiger partial charge in [-0.15, -0.1) is 0 Å². The molecule has 0 aliphatic heterocycles. The van der Waals surface area contributed by atoms with E-state index in [9.17, 15) is 9.90 Å². The third-order valence-electron chi connectivity index (χ3n) is 4.69. The molecular weight excluding hydrogens is 240 g/mol. The smallest absolute Gasteiger partial charge is 0.325 e. The summed E-state index contributed by atoms with van der Waals surface area (Å²) in [6, 6.07) is 0. The van der Waals surface area contributed by atoms with Gasteiger partial charge in [-0.1, -0.05) is 33.6 Å². The second kappa shape index (κ2) is 7.25. The molecule has 1 fully saturated rings. The van der Waals surface area contributed by atoms with Crippen molar-refractivity contribution in [1.29, 1.82) is 0 Å². The standard InChI is InChI=1S/C15H30N2O2/c1-5-12(6-2)10-17(7-3)11-15(16-4,14(18)19)13-8-9-13/h12-13,16H,5-11H2,1-4H3,(H,18,19). The van der Waals surface area contributed by atoms with Gasteiger partial charge >= 0.3 is 5.97 Å². The molecule has 1 atom stereocenters. The van der Waals surface area contributed by atoms with Crippen molar-refractivity contribution < 1.29 is 9.90 Å². The van der Waals surface area contributed by atoms with Gasteiger partial charge in [-0.2, -0.15) is 0 Å². The van der Waals surface area contributed by atoms with Crippen molar-refractivity contribution in [3.8, 4) is 0 Å². The molecule has 4 nitrogen and oxygen atoms in total. The molecular formula is C15H30N2O2. The Labute approximate surface area is 117 Å².